The van der Waals surface area contributed by atoms with Crippen molar-refractivity contribution in [3.05, 3.63) is 23.8 Å². The van der Waals surface area contributed by atoms with Crippen molar-refractivity contribution in [2.45, 2.75) is 26.5 Å². The molecule has 0 aromatic heterocycles. The van der Waals surface area contributed by atoms with Crippen molar-refractivity contribution in [3.63, 3.8) is 0 Å². The van der Waals surface area contributed by atoms with E-state index in [0.717, 1.165) is 30.1 Å². The molecule has 3 N–H and O–H groups in total. The number of nitrogens with one attached hydrogen (secondary N) is 1. The number of anilines is 1. The molecule has 1 aliphatic rings. The number of hydrogen-bond acceptors (Lipinski definition) is 4. The Kier molecular flexibility index (Phi) is 4.39. The number of carbonyl (C=O) groups excluding carboxylic acids is 1. The van der Waals surface area contributed by atoms with Gasteiger partial charge in [-0.3, -0.25) is 4.79 Å². The third kappa shape index (κ3) is 2.88. The van der Waals surface area contributed by atoms with Crippen LogP contribution in [-0.4, -0.2) is 31.6 Å². The molecular weight excluding hydrogens is 242 g/mol. The maximum absolute atomic E-state index is 12.2. The summed E-state index contributed by atoms with van der Waals surface area (Å²) in [5.74, 6) is 0.750. The van der Waals surface area contributed by atoms with E-state index in [1.165, 1.54) is 0 Å². The smallest absolute Gasteiger partial charge is 0.267 e. The molecule has 5 heteroatoms. The second-order valence-electron chi connectivity index (χ2n) is 4.61. The quantitative estimate of drug-likeness (QED) is 0.774. The zero-order valence-electron chi connectivity index (χ0n) is 11.5. The van der Waals surface area contributed by atoms with Crippen LogP contribution >= 0.6 is 0 Å². The lowest BCUT2D eigenvalue weighted by molar-refractivity contribution is -0.125. The fourth-order valence-corrected chi connectivity index (χ4v) is 2.18. The molecule has 2 rings (SSSR count). The van der Waals surface area contributed by atoms with Gasteiger partial charge in [-0.25, -0.2) is 0 Å². The zero-order chi connectivity index (χ0) is 13.8. The standard InChI is InChI=1S/C14H21N3O2/c1-3-16-6-7-17-12-8-11(9-15)4-5-13(12)19-10(2)14(17)18/h4-5,8,10,16H,3,6-7,9,15H2,1-2H3. The van der Waals surface area contributed by atoms with Gasteiger partial charge in [0, 0.05) is 19.6 Å². The van der Waals surface area contributed by atoms with Crippen molar-refractivity contribution < 1.29 is 9.53 Å². The molecule has 0 radical (unpaired) electrons. The van der Waals surface area contributed by atoms with Gasteiger partial charge in [0.1, 0.15) is 5.75 Å². The van der Waals surface area contributed by atoms with Crippen LogP contribution in [0.15, 0.2) is 18.2 Å². The number of carbonyl (C=O) groups is 1. The Labute approximate surface area is 113 Å². The Bertz CT molecular complexity index is 462. The second kappa shape index (κ2) is 6.04. The normalized spacial score (nSPS) is 18.2. The predicted octanol–water partition coefficient (Wildman–Crippen LogP) is 0.869. The summed E-state index contributed by atoms with van der Waals surface area (Å²) in [6.07, 6.45) is -0.433. The highest BCUT2D eigenvalue weighted by Crippen LogP contribution is 2.34. The van der Waals surface area contributed by atoms with Crippen LogP contribution in [0.5, 0.6) is 5.75 Å². The summed E-state index contributed by atoms with van der Waals surface area (Å²) in [5.41, 5.74) is 7.48. The minimum atomic E-state index is -0.433. The Hall–Kier alpha value is -1.59. The van der Waals surface area contributed by atoms with Crippen LogP contribution < -0.4 is 20.7 Å². The molecule has 0 fully saturated rings. The number of amides is 1. The molecule has 5 nitrogen and oxygen atoms in total. The van der Waals surface area contributed by atoms with Crippen molar-refractivity contribution in [1.29, 1.82) is 0 Å². The van der Waals surface area contributed by atoms with Crippen molar-refractivity contribution in [2.75, 3.05) is 24.5 Å². The van der Waals surface area contributed by atoms with Crippen molar-refractivity contribution in [3.8, 4) is 5.75 Å². The minimum absolute atomic E-state index is 0.000394. The zero-order valence-corrected chi connectivity index (χ0v) is 11.5. The number of fused-ring (bicyclic) bond motifs is 1. The summed E-state index contributed by atoms with van der Waals surface area (Å²) < 4.78 is 5.63. The van der Waals surface area contributed by atoms with Gasteiger partial charge in [0.25, 0.3) is 5.91 Å². The van der Waals surface area contributed by atoms with Gasteiger partial charge in [0.2, 0.25) is 0 Å². The highest BCUT2D eigenvalue weighted by Gasteiger charge is 2.31. The first-order valence-electron chi connectivity index (χ1n) is 6.69. The summed E-state index contributed by atoms with van der Waals surface area (Å²) in [6.45, 7) is 6.58. The van der Waals surface area contributed by atoms with E-state index in [1.54, 1.807) is 11.8 Å². The lowest BCUT2D eigenvalue weighted by atomic mass is 10.1. The highest BCUT2D eigenvalue weighted by molar-refractivity contribution is 5.99. The maximum Gasteiger partial charge on any atom is 0.267 e. The number of rotatable bonds is 5. The molecule has 0 saturated heterocycles. The second-order valence-corrected chi connectivity index (χ2v) is 4.61. The van der Waals surface area contributed by atoms with E-state index >= 15 is 0 Å². The number of benzene rings is 1. The summed E-state index contributed by atoms with van der Waals surface area (Å²) in [4.78, 5) is 14.0. The van der Waals surface area contributed by atoms with Gasteiger partial charge in [0.05, 0.1) is 5.69 Å². The first-order chi connectivity index (χ1) is 9.17. The topological polar surface area (TPSA) is 67.6 Å². The van der Waals surface area contributed by atoms with E-state index in [-0.39, 0.29) is 5.91 Å². The molecule has 0 saturated carbocycles. The first kappa shape index (κ1) is 13.8. The molecular formula is C14H21N3O2. The van der Waals surface area contributed by atoms with Crippen molar-refractivity contribution >= 4 is 11.6 Å². The molecule has 19 heavy (non-hydrogen) atoms. The molecule has 1 aromatic rings. The molecule has 1 unspecified atom stereocenters. The van der Waals surface area contributed by atoms with Crippen molar-refractivity contribution in [1.82, 2.24) is 5.32 Å². The van der Waals surface area contributed by atoms with E-state index < -0.39 is 6.10 Å². The molecule has 1 aromatic carbocycles. The monoisotopic (exact) mass is 263 g/mol. The maximum atomic E-state index is 12.2. The number of nitrogens with zero attached hydrogens (tertiary/aromatic N) is 1. The van der Waals surface area contributed by atoms with Gasteiger partial charge in [-0.05, 0) is 31.2 Å². The average molecular weight is 263 g/mol. The summed E-state index contributed by atoms with van der Waals surface area (Å²) >= 11 is 0. The SMILES string of the molecule is CCNCCN1C(=O)C(C)Oc2ccc(CN)cc21. The number of likely N-dealkylation sites (N-methyl/N-ethyl adjacent to an activating group) is 1. The molecule has 1 atom stereocenters. The number of hydrogen-bond donors (Lipinski definition) is 2. The third-order valence-electron chi connectivity index (χ3n) is 3.23. The average Bonchev–Trinajstić information content (AvgIpc) is 2.43. The van der Waals surface area contributed by atoms with E-state index in [1.807, 2.05) is 25.1 Å². The van der Waals surface area contributed by atoms with Gasteiger partial charge in [0.15, 0.2) is 6.10 Å². The van der Waals surface area contributed by atoms with Crippen LogP contribution in [-0.2, 0) is 11.3 Å². The first-order valence-corrected chi connectivity index (χ1v) is 6.69. The van der Waals surface area contributed by atoms with Crippen LogP contribution in [0.1, 0.15) is 19.4 Å². The van der Waals surface area contributed by atoms with Crippen LogP contribution in [0.4, 0.5) is 5.69 Å². The molecule has 0 spiro atoms. The molecule has 1 aliphatic heterocycles. The predicted molar refractivity (Wildman–Crippen MR) is 75.3 cm³/mol. The Balaban J connectivity index is 2.27. The van der Waals surface area contributed by atoms with Gasteiger partial charge in [-0.1, -0.05) is 13.0 Å². The Morgan fingerprint density at radius 2 is 2.26 bits per heavy atom. The largest absolute Gasteiger partial charge is 0.479 e. The van der Waals surface area contributed by atoms with Gasteiger partial charge in [-0.2, -0.15) is 0 Å². The lowest BCUT2D eigenvalue weighted by Gasteiger charge is -2.33. The van der Waals surface area contributed by atoms with Gasteiger partial charge in [-0.15, -0.1) is 0 Å². The summed E-state index contributed by atoms with van der Waals surface area (Å²) in [6, 6.07) is 5.76. The minimum Gasteiger partial charge on any atom is -0.479 e. The molecule has 0 aliphatic carbocycles. The van der Waals surface area contributed by atoms with Crippen LogP contribution in [0, 0.1) is 0 Å². The summed E-state index contributed by atoms with van der Waals surface area (Å²) in [7, 11) is 0. The van der Waals surface area contributed by atoms with E-state index in [2.05, 4.69) is 5.32 Å². The van der Waals surface area contributed by atoms with Crippen LogP contribution in [0.2, 0.25) is 0 Å². The van der Waals surface area contributed by atoms with Gasteiger partial charge >= 0.3 is 0 Å². The molecule has 104 valence electrons. The van der Waals surface area contributed by atoms with E-state index in [0.29, 0.717) is 13.1 Å². The van der Waals surface area contributed by atoms with Crippen molar-refractivity contribution in [2.24, 2.45) is 5.73 Å². The molecule has 1 heterocycles. The Morgan fingerprint density at radius 3 is 2.95 bits per heavy atom. The van der Waals surface area contributed by atoms with E-state index in [4.69, 9.17) is 10.5 Å². The highest BCUT2D eigenvalue weighted by atomic mass is 16.5. The summed E-state index contributed by atoms with van der Waals surface area (Å²) in [5, 5.41) is 3.23. The van der Waals surface area contributed by atoms with Crippen LogP contribution in [0.25, 0.3) is 0 Å². The fraction of sp³-hybridized carbons (Fsp3) is 0.500. The number of nitrogens with two attached hydrogens (primary N) is 1. The Morgan fingerprint density at radius 1 is 1.47 bits per heavy atom. The molecule has 0 bridgehead atoms. The number of ether oxygens (including phenoxy) is 1. The molecule has 1 amide bonds. The van der Waals surface area contributed by atoms with E-state index in [9.17, 15) is 4.79 Å². The van der Waals surface area contributed by atoms with Gasteiger partial charge < -0.3 is 20.7 Å². The lowest BCUT2D eigenvalue weighted by Crippen LogP contribution is -2.47. The third-order valence-corrected chi connectivity index (χ3v) is 3.23. The van der Waals surface area contributed by atoms with Crippen LogP contribution in [0.3, 0.4) is 0 Å². The fourth-order valence-electron chi connectivity index (χ4n) is 2.18.